The van der Waals surface area contributed by atoms with E-state index >= 15 is 0 Å². The molecule has 0 saturated heterocycles. The molecule has 0 atom stereocenters. The molecule has 0 bridgehead atoms. The lowest BCUT2D eigenvalue weighted by Gasteiger charge is -2.10. The first kappa shape index (κ1) is 16.6. The molecule has 4 nitrogen and oxygen atoms in total. The van der Waals surface area contributed by atoms with E-state index in [4.69, 9.17) is 4.74 Å². The number of benzene rings is 1. The fourth-order valence-corrected chi connectivity index (χ4v) is 4.27. The molecule has 1 aromatic carbocycles. The van der Waals surface area contributed by atoms with Gasteiger partial charge in [-0.05, 0) is 42.5 Å². The van der Waals surface area contributed by atoms with Gasteiger partial charge in [0.05, 0.1) is 12.7 Å². The van der Waals surface area contributed by atoms with Crippen LogP contribution in [0.5, 0.6) is 5.75 Å². The number of hydrogen-bond donors (Lipinski definition) is 2. The number of anilines is 1. The van der Waals surface area contributed by atoms with Crippen LogP contribution in [0.1, 0.15) is 32.8 Å². The summed E-state index contributed by atoms with van der Waals surface area (Å²) in [4.78, 5) is 13.9. The summed E-state index contributed by atoms with van der Waals surface area (Å²) in [6.07, 6.45) is 4.90. The Kier molecular flexibility index (Phi) is 5.20. The van der Waals surface area contributed by atoms with Gasteiger partial charge in [-0.2, -0.15) is 0 Å². The third-order valence-electron chi connectivity index (χ3n) is 4.14. The first-order valence-corrected chi connectivity index (χ1v) is 8.95. The van der Waals surface area contributed by atoms with Crippen molar-refractivity contribution >= 4 is 22.2 Å². The molecule has 24 heavy (non-hydrogen) atoms. The SMILES string of the molecule is C=CCNC(=O)c1c(NCc2cccc(OC)c2)sc2c1CCC2. The molecule has 1 heterocycles. The van der Waals surface area contributed by atoms with Gasteiger partial charge in [0.1, 0.15) is 10.8 Å². The standard InChI is InChI=1S/C19H22N2O2S/c1-3-10-20-18(22)17-15-8-5-9-16(15)24-19(17)21-12-13-6-4-7-14(11-13)23-2/h3-4,6-7,11,21H,1,5,8-10,12H2,2H3,(H,20,22). The number of ether oxygens (including phenoxy) is 1. The summed E-state index contributed by atoms with van der Waals surface area (Å²) in [5, 5.41) is 7.32. The molecule has 1 aliphatic rings. The van der Waals surface area contributed by atoms with Crippen molar-refractivity contribution in [1.82, 2.24) is 5.32 Å². The van der Waals surface area contributed by atoms with Crippen LogP contribution in [0.4, 0.5) is 5.00 Å². The molecule has 1 aliphatic carbocycles. The van der Waals surface area contributed by atoms with Crippen LogP contribution in [0.2, 0.25) is 0 Å². The van der Waals surface area contributed by atoms with Gasteiger partial charge in [0, 0.05) is 18.0 Å². The van der Waals surface area contributed by atoms with Gasteiger partial charge in [-0.3, -0.25) is 4.79 Å². The maximum absolute atomic E-state index is 12.5. The fourth-order valence-electron chi connectivity index (χ4n) is 2.99. The lowest BCUT2D eigenvalue weighted by Crippen LogP contribution is -2.24. The molecule has 1 aromatic heterocycles. The third-order valence-corrected chi connectivity index (χ3v) is 5.39. The lowest BCUT2D eigenvalue weighted by molar-refractivity contribution is 0.0958. The number of thiophene rings is 1. The number of methoxy groups -OCH3 is 1. The predicted molar refractivity (Wildman–Crippen MR) is 99.2 cm³/mol. The summed E-state index contributed by atoms with van der Waals surface area (Å²) in [6, 6.07) is 7.96. The number of fused-ring (bicyclic) bond motifs is 1. The molecule has 2 N–H and O–H groups in total. The zero-order valence-corrected chi connectivity index (χ0v) is 14.7. The normalized spacial score (nSPS) is 12.5. The number of rotatable bonds is 7. The number of hydrogen-bond acceptors (Lipinski definition) is 4. The van der Waals surface area contributed by atoms with Crippen LogP contribution in [0.25, 0.3) is 0 Å². The van der Waals surface area contributed by atoms with Crippen molar-refractivity contribution in [3.05, 3.63) is 58.5 Å². The second kappa shape index (κ2) is 7.53. The summed E-state index contributed by atoms with van der Waals surface area (Å²) in [7, 11) is 1.67. The summed E-state index contributed by atoms with van der Waals surface area (Å²) in [6.45, 7) is 4.81. The molecule has 0 aliphatic heterocycles. The number of carbonyl (C=O) groups is 1. The van der Waals surface area contributed by atoms with E-state index < -0.39 is 0 Å². The monoisotopic (exact) mass is 342 g/mol. The van der Waals surface area contributed by atoms with E-state index in [9.17, 15) is 4.79 Å². The highest BCUT2D eigenvalue weighted by molar-refractivity contribution is 7.16. The van der Waals surface area contributed by atoms with Crippen LogP contribution in [0.3, 0.4) is 0 Å². The van der Waals surface area contributed by atoms with Gasteiger partial charge in [-0.15, -0.1) is 17.9 Å². The lowest BCUT2D eigenvalue weighted by atomic mass is 10.1. The minimum atomic E-state index is -0.0116. The molecule has 0 saturated carbocycles. The number of nitrogens with one attached hydrogen (secondary N) is 2. The summed E-state index contributed by atoms with van der Waals surface area (Å²) in [5.74, 6) is 0.828. The topological polar surface area (TPSA) is 50.4 Å². The summed E-state index contributed by atoms with van der Waals surface area (Å²) >= 11 is 1.71. The Labute approximate surface area is 146 Å². The Morgan fingerprint density at radius 1 is 1.42 bits per heavy atom. The number of carbonyl (C=O) groups excluding carboxylic acids is 1. The molecular formula is C19H22N2O2S. The van der Waals surface area contributed by atoms with Gasteiger partial charge in [0.15, 0.2) is 0 Å². The smallest absolute Gasteiger partial charge is 0.254 e. The molecule has 0 fully saturated rings. The molecule has 0 unspecified atom stereocenters. The minimum Gasteiger partial charge on any atom is -0.497 e. The van der Waals surface area contributed by atoms with Crippen LogP contribution in [-0.4, -0.2) is 19.6 Å². The first-order valence-electron chi connectivity index (χ1n) is 8.13. The van der Waals surface area contributed by atoms with Gasteiger partial charge in [0.2, 0.25) is 0 Å². The molecule has 2 aromatic rings. The largest absolute Gasteiger partial charge is 0.497 e. The molecule has 0 spiro atoms. The zero-order valence-electron chi connectivity index (χ0n) is 13.9. The van der Waals surface area contributed by atoms with E-state index in [1.54, 1.807) is 24.5 Å². The molecule has 0 radical (unpaired) electrons. The highest BCUT2D eigenvalue weighted by atomic mass is 32.1. The average molecular weight is 342 g/mol. The Morgan fingerprint density at radius 3 is 3.08 bits per heavy atom. The average Bonchev–Trinajstić information content (AvgIpc) is 3.18. The summed E-state index contributed by atoms with van der Waals surface area (Å²) in [5.41, 5.74) is 3.16. The quantitative estimate of drug-likeness (QED) is 0.753. The van der Waals surface area contributed by atoms with Crippen molar-refractivity contribution in [2.45, 2.75) is 25.8 Å². The van der Waals surface area contributed by atoms with Gasteiger partial charge in [-0.1, -0.05) is 18.2 Å². The van der Waals surface area contributed by atoms with Crippen molar-refractivity contribution in [1.29, 1.82) is 0 Å². The Bertz CT molecular complexity index is 752. The van der Waals surface area contributed by atoms with E-state index in [-0.39, 0.29) is 5.91 Å². The molecular weight excluding hydrogens is 320 g/mol. The molecule has 3 rings (SSSR count). The van der Waals surface area contributed by atoms with E-state index in [1.165, 1.54) is 10.4 Å². The second-order valence-corrected chi connectivity index (χ2v) is 6.87. The van der Waals surface area contributed by atoms with Crippen molar-refractivity contribution < 1.29 is 9.53 Å². The maximum Gasteiger partial charge on any atom is 0.254 e. The van der Waals surface area contributed by atoms with Gasteiger partial charge < -0.3 is 15.4 Å². The summed E-state index contributed by atoms with van der Waals surface area (Å²) < 4.78 is 5.26. The van der Waals surface area contributed by atoms with Crippen molar-refractivity contribution in [2.75, 3.05) is 19.0 Å². The number of amides is 1. The predicted octanol–water partition coefficient (Wildman–Crippen LogP) is 3.77. The van der Waals surface area contributed by atoms with E-state index in [2.05, 4.69) is 17.2 Å². The van der Waals surface area contributed by atoms with Crippen LogP contribution in [0, 0.1) is 0 Å². The van der Waals surface area contributed by atoms with Crippen LogP contribution in [-0.2, 0) is 19.4 Å². The van der Waals surface area contributed by atoms with E-state index in [0.717, 1.165) is 41.1 Å². The highest BCUT2D eigenvalue weighted by Gasteiger charge is 2.26. The van der Waals surface area contributed by atoms with Gasteiger partial charge >= 0.3 is 0 Å². The zero-order chi connectivity index (χ0) is 16.9. The van der Waals surface area contributed by atoms with Gasteiger partial charge in [-0.25, -0.2) is 0 Å². The van der Waals surface area contributed by atoms with Crippen LogP contribution < -0.4 is 15.4 Å². The third kappa shape index (κ3) is 3.46. The van der Waals surface area contributed by atoms with Crippen LogP contribution in [0.15, 0.2) is 36.9 Å². The Hall–Kier alpha value is -2.27. The maximum atomic E-state index is 12.5. The highest BCUT2D eigenvalue weighted by Crippen LogP contribution is 2.39. The van der Waals surface area contributed by atoms with Crippen molar-refractivity contribution in [3.63, 3.8) is 0 Å². The molecule has 1 amide bonds. The van der Waals surface area contributed by atoms with E-state index in [1.807, 2.05) is 24.3 Å². The Balaban J connectivity index is 1.79. The molecule has 5 heteroatoms. The van der Waals surface area contributed by atoms with Crippen LogP contribution >= 0.6 is 11.3 Å². The van der Waals surface area contributed by atoms with Crippen molar-refractivity contribution in [2.24, 2.45) is 0 Å². The van der Waals surface area contributed by atoms with E-state index in [0.29, 0.717) is 13.1 Å². The number of aryl methyl sites for hydroxylation is 1. The minimum absolute atomic E-state index is 0.0116. The Morgan fingerprint density at radius 2 is 2.29 bits per heavy atom. The second-order valence-electron chi connectivity index (χ2n) is 5.77. The molecule has 126 valence electrons. The van der Waals surface area contributed by atoms with Gasteiger partial charge in [0.25, 0.3) is 5.91 Å². The fraction of sp³-hybridized carbons (Fsp3) is 0.316. The van der Waals surface area contributed by atoms with Crippen molar-refractivity contribution in [3.8, 4) is 5.75 Å². The first-order chi connectivity index (χ1) is 11.7.